The van der Waals surface area contributed by atoms with Crippen molar-refractivity contribution >= 4 is 17.5 Å². The van der Waals surface area contributed by atoms with Gasteiger partial charge in [-0.2, -0.15) is 0 Å². The Hall–Kier alpha value is -1.75. The molecule has 26 heavy (non-hydrogen) atoms. The fourth-order valence-corrected chi connectivity index (χ4v) is 4.36. The molecule has 5 heteroatoms. The SMILES string of the molecule is CO[C@H]1C[C@H]2C(C)=CC[C@H](C(C)C)[C@H]2C[C@@H](OC(C)=O)C(=O)/C=C/C1=O. The van der Waals surface area contributed by atoms with E-state index in [1.54, 1.807) is 0 Å². The van der Waals surface area contributed by atoms with Gasteiger partial charge in [-0.25, -0.2) is 0 Å². The fraction of sp³-hybridized carbons (Fsp3) is 0.667. The van der Waals surface area contributed by atoms with Gasteiger partial charge in [0.15, 0.2) is 17.7 Å². The lowest BCUT2D eigenvalue weighted by molar-refractivity contribution is -0.153. The molecule has 2 rings (SSSR count). The van der Waals surface area contributed by atoms with Crippen LogP contribution in [0.1, 0.15) is 47.0 Å². The maximum Gasteiger partial charge on any atom is 0.303 e. The molecule has 0 aliphatic heterocycles. The van der Waals surface area contributed by atoms with Crippen LogP contribution in [0.4, 0.5) is 0 Å². The van der Waals surface area contributed by atoms with E-state index in [9.17, 15) is 14.4 Å². The summed E-state index contributed by atoms with van der Waals surface area (Å²) in [4.78, 5) is 36.5. The van der Waals surface area contributed by atoms with Crippen molar-refractivity contribution < 1.29 is 23.9 Å². The van der Waals surface area contributed by atoms with Gasteiger partial charge >= 0.3 is 5.97 Å². The Morgan fingerprint density at radius 1 is 1.12 bits per heavy atom. The number of ketones is 2. The Morgan fingerprint density at radius 2 is 1.73 bits per heavy atom. The zero-order chi connectivity index (χ0) is 19.4. The van der Waals surface area contributed by atoms with Crippen LogP contribution in [0.2, 0.25) is 0 Å². The lowest BCUT2D eigenvalue weighted by Crippen LogP contribution is -2.40. The van der Waals surface area contributed by atoms with Crippen molar-refractivity contribution in [1.29, 1.82) is 0 Å². The molecular formula is C21H30O5. The Morgan fingerprint density at radius 3 is 2.27 bits per heavy atom. The summed E-state index contributed by atoms with van der Waals surface area (Å²) >= 11 is 0. The standard InChI is InChI=1S/C21H30O5/c1-12(2)15-7-6-13(3)16-10-20(25-5)18(23)8-9-19(24)21(11-17(15)16)26-14(4)22/h6,8-9,12,15-17,20-21H,7,10-11H2,1-5H3/b9-8+/t15-,16+,17-,20+,21-/m1/s1. The first-order valence-corrected chi connectivity index (χ1v) is 9.37. The summed E-state index contributed by atoms with van der Waals surface area (Å²) in [6, 6.07) is 0. The van der Waals surface area contributed by atoms with Crippen LogP contribution in [0, 0.1) is 23.7 Å². The number of carbonyl (C=O) groups excluding carboxylic acids is 3. The van der Waals surface area contributed by atoms with Gasteiger partial charge in [0.1, 0.15) is 6.10 Å². The zero-order valence-electron chi connectivity index (χ0n) is 16.4. The van der Waals surface area contributed by atoms with Crippen LogP contribution in [-0.4, -0.2) is 36.9 Å². The molecule has 0 amide bonds. The number of esters is 1. The van der Waals surface area contributed by atoms with Crippen LogP contribution in [0.25, 0.3) is 0 Å². The summed E-state index contributed by atoms with van der Waals surface area (Å²) < 4.78 is 10.8. The number of fused-ring (bicyclic) bond motifs is 1. The molecule has 2 aliphatic carbocycles. The molecule has 0 aromatic heterocycles. The van der Waals surface area contributed by atoms with Gasteiger partial charge in [0.25, 0.3) is 0 Å². The van der Waals surface area contributed by atoms with Crippen LogP contribution in [0.5, 0.6) is 0 Å². The molecule has 5 atom stereocenters. The molecule has 144 valence electrons. The van der Waals surface area contributed by atoms with E-state index in [1.807, 2.05) is 0 Å². The third-order valence-corrected chi connectivity index (χ3v) is 5.81. The zero-order valence-corrected chi connectivity index (χ0v) is 16.4. The first kappa shape index (κ1) is 20.6. The highest BCUT2D eigenvalue weighted by molar-refractivity contribution is 6.02. The van der Waals surface area contributed by atoms with Crippen LogP contribution < -0.4 is 0 Å². The quantitative estimate of drug-likeness (QED) is 0.569. The molecule has 0 bridgehead atoms. The molecule has 2 aliphatic rings. The van der Waals surface area contributed by atoms with Crippen molar-refractivity contribution in [3.63, 3.8) is 0 Å². The van der Waals surface area contributed by atoms with E-state index in [2.05, 4.69) is 26.8 Å². The van der Waals surface area contributed by atoms with Crippen LogP contribution in [0.15, 0.2) is 23.8 Å². The highest BCUT2D eigenvalue weighted by Gasteiger charge is 2.40. The second-order valence-corrected chi connectivity index (χ2v) is 7.79. The minimum Gasteiger partial charge on any atom is -0.454 e. The second kappa shape index (κ2) is 8.76. The van der Waals surface area contributed by atoms with Gasteiger partial charge in [-0.05, 0) is 62.0 Å². The van der Waals surface area contributed by atoms with Crippen molar-refractivity contribution in [2.75, 3.05) is 7.11 Å². The van der Waals surface area contributed by atoms with Gasteiger partial charge in [-0.1, -0.05) is 25.5 Å². The topological polar surface area (TPSA) is 69.7 Å². The van der Waals surface area contributed by atoms with Gasteiger partial charge in [-0.3, -0.25) is 14.4 Å². The lowest BCUT2D eigenvalue weighted by Gasteiger charge is -2.42. The fourth-order valence-electron chi connectivity index (χ4n) is 4.36. The average molecular weight is 362 g/mol. The van der Waals surface area contributed by atoms with Crippen molar-refractivity contribution in [2.24, 2.45) is 23.7 Å². The van der Waals surface area contributed by atoms with Crippen LogP contribution >= 0.6 is 0 Å². The molecule has 0 heterocycles. The first-order chi connectivity index (χ1) is 12.2. The molecule has 0 fully saturated rings. The van der Waals surface area contributed by atoms with Crippen molar-refractivity contribution in [1.82, 2.24) is 0 Å². The summed E-state index contributed by atoms with van der Waals surface area (Å²) in [5.41, 5.74) is 1.22. The monoisotopic (exact) mass is 362 g/mol. The highest BCUT2D eigenvalue weighted by atomic mass is 16.5. The number of hydrogen-bond acceptors (Lipinski definition) is 5. The van der Waals surface area contributed by atoms with E-state index in [1.165, 1.54) is 31.8 Å². The number of ether oxygens (including phenoxy) is 2. The van der Waals surface area contributed by atoms with Gasteiger partial charge in [0, 0.05) is 14.0 Å². The van der Waals surface area contributed by atoms with E-state index < -0.39 is 18.2 Å². The maximum absolute atomic E-state index is 12.6. The average Bonchev–Trinajstić information content (AvgIpc) is 2.57. The summed E-state index contributed by atoms with van der Waals surface area (Å²) in [6.07, 6.45) is 5.33. The summed E-state index contributed by atoms with van der Waals surface area (Å²) in [6.45, 7) is 7.74. The molecule has 5 nitrogen and oxygen atoms in total. The minimum atomic E-state index is -0.838. The van der Waals surface area contributed by atoms with E-state index in [4.69, 9.17) is 9.47 Å². The molecule has 0 unspecified atom stereocenters. The van der Waals surface area contributed by atoms with Crippen LogP contribution in [0.3, 0.4) is 0 Å². The highest BCUT2D eigenvalue weighted by Crippen LogP contribution is 2.44. The number of hydrogen-bond donors (Lipinski definition) is 0. The molecule has 0 aromatic rings. The largest absolute Gasteiger partial charge is 0.454 e. The van der Waals surface area contributed by atoms with Gasteiger partial charge in [0.05, 0.1) is 0 Å². The van der Waals surface area contributed by atoms with E-state index in [0.29, 0.717) is 24.7 Å². The predicted octanol–water partition coefficient (Wildman–Crippen LogP) is 3.28. The number of carbonyl (C=O) groups is 3. The molecular weight excluding hydrogens is 332 g/mol. The Balaban J connectivity index is 2.47. The summed E-state index contributed by atoms with van der Waals surface area (Å²) in [5, 5.41) is 0. The first-order valence-electron chi connectivity index (χ1n) is 9.37. The van der Waals surface area contributed by atoms with Gasteiger partial charge in [-0.15, -0.1) is 0 Å². The molecule has 0 radical (unpaired) electrons. The second-order valence-electron chi connectivity index (χ2n) is 7.79. The van der Waals surface area contributed by atoms with Gasteiger partial charge in [0.2, 0.25) is 0 Å². The third kappa shape index (κ3) is 4.70. The Kier molecular flexibility index (Phi) is 6.93. The smallest absolute Gasteiger partial charge is 0.303 e. The Bertz CT molecular complexity index is 616. The Labute approximate surface area is 155 Å². The molecule has 0 spiro atoms. The third-order valence-electron chi connectivity index (χ3n) is 5.81. The van der Waals surface area contributed by atoms with Crippen molar-refractivity contribution in [3.8, 4) is 0 Å². The van der Waals surface area contributed by atoms with Crippen molar-refractivity contribution in [3.05, 3.63) is 23.8 Å². The number of rotatable bonds is 3. The lowest BCUT2D eigenvalue weighted by atomic mass is 9.64. The molecule has 0 N–H and O–H groups in total. The molecule has 0 aromatic carbocycles. The summed E-state index contributed by atoms with van der Waals surface area (Å²) in [7, 11) is 1.53. The van der Waals surface area contributed by atoms with Gasteiger partial charge < -0.3 is 9.47 Å². The number of allylic oxidation sites excluding steroid dienone is 2. The molecule has 0 saturated carbocycles. The van der Waals surface area contributed by atoms with E-state index >= 15 is 0 Å². The maximum atomic E-state index is 12.6. The van der Waals surface area contributed by atoms with Crippen LogP contribution in [-0.2, 0) is 23.9 Å². The summed E-state index contributed by atoms with van der Waals surface area (Å²) in [5.74, 6) is 0.0466. The van der Waals surface area contributed by atoms with Crippen molar-refractivity contribution in [2.45, 2.75) is 59.2 Å². The van der Waals surface area contributed by atoms with E-state index in [0.717, 1.165) is 6.42 Å². The molecule has 0 saturated heterocycles. The predicted molar refractivity (Wildman–Crippen MR) is 98.4 cm³/mol. The normalized spacial score (nSPS) is 34.1. The minimum absolute atomic E-state index is 0.127. The van der Waals surface area contributed by atoms with E-state index in [-0.39, 0.29) is 23.4 Å². The number of methoxy groups -OCH3 is 1.